The molecular formula is C14H18Cl2N2O2. The minimum atomic E-state index is -0.138. The van der Waals surface area contributed by atoms with Crippen molar-refractivity contribution in [3.05, 3.63) is 28.2 Å². The zero-order valence-corrected chi connectivity index (χ0v) is 12.6. The Morgan fingerprint density at radius 3 is 2.85 bits per heavy atom. The minimum absolute atomic E-state index is 0.0360. The van der Waals surface area contributed by atoms with Crippen LogP contribution in [-0.2, 0) is 4.79 Å². The van der Waals surface area contributed by atoms with E-state index >= 15 is 0 Å². The molecule has 1 aromatic rings. The van der Waals surface area contributed by atoms with Crippen LogP contribution >= 0.6 is 23.2 Å². The van der Waals surface area contributed by atoms with Gasteiger partial charge >= 0.3 is 0 Å². The van der Waals surface area contributed by atoms with Crippen molar-refractivity contribution in [1.29, 1.82) is 0 Å². The van der Waals surface area contributed by atoms with Crippen molar-refractivity contribution in [2.45, 2.75) is 25.3 Å². The maximum Gasteiger partial charge on any atom is 0.258 e. The summed E-state index contributed by atoms with van der Waals surface area (Å²) in [5.74, 6) is 0.765. The van der Waals surface area contributed by atoms with Crippen LogP contribution in [-0.4, -0.2) is 25.1 Å². The van der Waals surface area contributed by atoms with Crippen LogP contribution in [0.3, 0.4) is 0 Å². The third-order valence-corrected chi connectivity index (χ3v) is 4.31. The number of halogens is 2. The van der Waals surface area contributed by atoms with Crippen LogP contribution in [0.5, 0.6) is 5.75 Å². The molecule has 1 amide bonds. The van der Waals surface area contributed by atoms with Crippen molar-refractivity contribution in [2.75, 3.05) is 13.2 Å². The second-order valence-electron chi connectivity index (χ2n) is 4.97. The van der Waals surface area contributed by atoms with E-state index in [-0.39, 0.29) is 18.6 Å². The summed E-state index contributed by atoms with van der Waals surface area (Å²) in [5.41, 5.74) is 5.69. The number of rotatable bonds is 5. The van der Waals surface area contributed by atoms with Gasteiger partial charge in [-0.1, -0.05) is 29.6 Å². The van der Waals surface area contributed by atoms with E-state index in [0.29, 0.717) is 28.3 Å². The number of carbonyl (C=O) groups excluding carboxylic acids is 1. The van der Waals surface area contributed by atoms with E-state index in [1.54, 1.807) is 18.2 Å². The molecule has 3 N–H and O–H groups in total. The Morgan fingerprint density at radius 2 is 2.15 bits per heavy atom. The lowest BCUT2D eigenvalue weighted by Gasteiger charge is -2.19. The Balaban J connectivity index is 1.81. The highest BCUT2D eigenvalue weighted by molar-refractivity contribution is 6.42. The second-order valence-corrected chi connectivity index (χ2v) is 5.78. The molecule has 0 heterocycles. The Labute approximate surface area is 128 Å². The molecule has 0 aliphatic heterocycles. The van der Waals surface area contributed by atoms with E-state index in [1.165, 1.54) is 0 Å². The maximum atomic E-state index is 11.8. The molecule has 0 saturated heterocycles. The van der Waals surface area contributed by atoms with Crippen LogP contribution < -0.4 is 15.8 Å². The lowest BCUT2D eigenvalue weighted by molar-refractivity contribution is -0.124. The van der Waals surface area contributed by atoms with Crippen LogP contribution in [0.15, 0.2) is 18.2 Å². The SMILES string of the molecule is NCC1CCCC1NC(=O)COc1ccc(Cl)c(Cl)c1. The zero-order chi connectivity index (χ0) is 14.5. The first-order valence-corrected chi connectivity index (χ1v) is 7.43. The molecule has 1 saturated carbocycles. The van der Waals surface area contributed by atoms with Gasteiger partial charge < -0.3 is 15.8 Å². The zero-order valence-electron chi connectivity index (χ0n) is 11.1. The molecule has 1 aliphatic rings. The summed E-state index contributed by atoms with van der Waals surface area (Å²) < 4.78 is 5.40. The van der Waals surface area contributed by atoms with Crippen molar-refractivity contribution in [3.8, 4) is 5.75 Å². The molecule has 1 aromatic carbocycles. The van der Waals surface area contributed by atoms with E-state index in [0.717, 1.165) is 19.3 Å². The average Bonchev–Trinajstić information content (AvgIpc) is 2.87. The molecule has 20 heavy (non-hydrogen) atoms. The monoisotopic (exact) mass is 316 g/mol. The number of amides is 1. The van der Waals surface area contributed by atoms with E-state index in [2.05, 4.69) is 5.32 Å². The summed E-state index contributed by atoms with van der Waals surface area (Å²) >= 11 is 11.7. The van der Waals surface area contributed by atoms with E-state index in [4.69, 9.17) is 33.7 Å². The van der Waals surface area contributed by atoms with E-state index in [9.17, 15) is 4.79 Å². The van der Waals surface area contributed by atoms with Gasteiger partial charge in [-0.2, -0.15) is 0 Å². The normalized spacial score (nSPS) is 21.8. The third kappa shape index (κ3) is 4.01. The molecule has 6 heteroatoms. The summed E-state index contributed by atoms with van der Waals surface area (Å²) in [6.45, 7) is 0.574. The van der Waals surface area contributed by atoms with E-state index in [1.807, 2.05) is 0 Å². The number of carbonyl (C=O) groups is 1. The van der Waals surface area contributed by atoms with Crippen molar-refractivity contribution < 1.29 is 9.53 Å². The molecule has 0 radical (unpaired) electrons. The Morgan fingerprint density at radius 1 is 1.35 bits per heavy atom. The van der Waals surface area contributed by atoms with Gasteiger partial charge in [-0.05, 0) is 37.4 Å². The van der Waals surface area contributed by atoms with Gasteiger partial charge in [0.15, 0.2) is 6.61 Å². The summed E-state index contributed by atoms with van der Waals surface area (Å²) in [6.07, 6.45) is 3.18. The lowest BCUT2D eigenvalue weighted by Crippen LogP contribution is -2.42. The Hall–Kier alpha value is -0.970. The predicted molar refractivity (Wildman–Crippen MR) is 80.3 cm³/mol. The number of nitrogens with one attached hydrogen (secondary N) is 1. The first kappa shape index (κ1) is 15.4. The molecule has 0 spiro atoms. The van der Waals surface area contributed by atoms with Crippen LogP contribution in [0.2, 0.25) is 10.0 Å². The van der Waals surface area contributed by atoms with Crippen molar-refractivity contribution in [3.63, 3.8) is 0 Å². The van der Waals surface area contributed by atoms with Gasteiger partial charge in [0.1, 0.15) is 5.75 Å². The first-order valence-electron chi connectivity index (χ1n) is 6.67. The molecule has 2 rings (SSSR count). The minimum Gasteiger partial charge on any atom is -0.484 e. The van der Waals surface area contributed by atoms with Crippen molar-refractivity contribution >= 4 is 29.1 Å². The van der Waals surface area contributed by atoms with Crippen LogP contribution in [0, 0.1) is 5.92 Å². The maximum absolute atomic E-state index is 11.8. The van der Waals surface area contributed by atoms with Crippen LogP contribution in [0.4, 0.5) is 0 Å². The summed E-state index contributed by atoms with van der Waals surface area (Å²) in [6, 6.07) is 5.08. The van der Waals surface area contributed by atoms with Gasteiger partial charge in [0, 0.05) is 12.1 Å². The van der Waals surface area contributed by atoms with Crippen molar-refractivity contribution in [2.24, 2.45) is 11.7 Å². The smallest absolute Gasteiger partial charge is 0.258 e. The highest BCUT2D eigenvalue weighted by Crippen LogP contribution is 2.26. The number of benzene rings is 1. The molecule has 1 fully saturated rings. The highest BCUT2D eigenvalue weighted by Gasteiger charge is 2.27. The Kier molecular flexibility index (Phi) is 5.52. The molecule has 110 valence electrons. The number of hydrogen-bond acceptors (Lipinski definition) is 3. The fourth-order valence-electron chi connectivity index (χ4n) is 2.47. The third-order valence-electron chi connectivity index (χ3n) is 3.57. The summed E-state index contributed by atoms with van der Waals surface area (Å²) in [7, 11) is 0. The topological polar surface area (TPSA) is 64.3 Å². The standard InChI is InChI=1S/C14H18Cl2N2O2/c15-11-5-4-10(6-12(11)16)20-8-14(19)18-13-3-1-2-9(13)7-17/h4-6,9,13H,1-3,7-8,17H2,(H,18,19). The Bertz CT molecular complexity index is 482. The van der Waals surface area contributed by atoms with Gasteiger partial charge in [0.05, 0.1) is 10.0 Å². The summed E-state index contributed by atoms with van der Waals surface area (Å²) in [4.78, 5) is 11.8. The van der Waals surface area contributed by atoms with Crippen LogP contribution in [0.25, 0.3) is 0 Å². The van der Waals surface area contributed by atoms with Crippen LogP contribution in [0.1, 0.15) is 19.3 Å². The number of nitrogens with two attached hydrogens (primary N) is 1. The van der Waals surface area contributed by atoms with Gasteiger partial charge in [-0.3, -0.25) is 4.79 Å². The van der Waals surface area contributed by atoms with Gasteiger partial charge in [-0.15, -0.1) is 0 Å². The van der Waals surface area contributed by atoms with Gasteiger partial charge in [0.2, 0.25) is 0 Å². The lowest BCUT2D eigenvalue weighted by atomic mass is 10.0. The second kappa shape index (κ2) is 7.16. The molecule has 0 aromatic heterocycles. The largest absolute Gasteiger partial charge is 0.484 e. The number of ether oxygens (including phenoxy) is 1. The van der Waals surface area contributed by atoms with Crippen molar-refractivity contribution in [1.82, 2.24) is 5.32 Å². The van der Waals surface area contributed by atoms with Gasteiger partial charge in [-0.25, -0.2) is 0 Å². The highest BCUT2D eigenvalue weighted by atomic mass is 35.5. The molecular weight excluding hydrogens is 299 g/mol. The molecule has 2 unspecified atom stereocenters. The fraction of sp³-hybridized carbons (Fsp3) is 0.500. The average molecular weight is 317 g/mol. The summed E-state index contributed by atoms with van der Waals surface area (Å²) in [5, 5.41) is 3.84. The molecule has 1 aliphatic carbocycles. The molecule has 0 bridgehead atoms. The van der Waals surface area contributed by atoms with E-state index < -0.39 is 0 Å². The predicted octanol–water partition coefficient (Wildman–Crippen LogP) is 2.62. The fourth-order valence-corrected chi connectivity index (χ4v) is 2.76. The number of hydrogen-bond donors (Lipinski definition) is 2. The first-order chi connectivity index (χ1) is 9.60. The molecule has 2 atom stereocenters. The quantitative estimate of drug-likeness (QED) is 0.877. The molecule has 4 nitrogen and oxygen atoms in total. The van der Waals surface area contributed by atoms with Gasteiger partial charge in [0.25, 0.3) is 5.91 Å².